The zero-order chi connectivity index (χ0) is 18.2. The second-order valence-corrected chi connectivity index (χ2v) is 8.43. The number of fused-ring (bicyclic) bond motifs is 1. The van der Waals surface area contributed by atoms with E-state index in [1.165, 1.54) is 0 Å². The SMILES string of the molecule is CC(C)(C)OC(=O)N1c2cccc(Br)c2CCC1c1ccccc1Cl. The molecular weight excluding hydrogens is 402 g/mol. The van der Waals surface area contributed by atoms with Gasteiger partial charge >= 0.3 is 6.09 Å². The van der Waals surface area contributed by atoms with Crippen molar-refractivity contribution >= 4 is 39.3 Å². The van der Waals surface area contributed by atoms with Gasteiger partial charge in [0.15, 0.2) is 0 Å². The van der Waals surface area contributed by atoms with Crippen LogP contribution in [0.5, 0.6) is 0 Å². The van der Waals surface area contributed by atoms with Crippen molar-refractivity contribution in [3.8, 4) is 0 Å². The molecule has 1 aliphatic rings. The number of ether oxygens (including phenoxy) is 1. The lowest BCUT2D eigenvalue weighted by Crippen LogP contribution is -2.42. The van der Waals surface area contributed by atoms with Crippen LogP contribution in [0.3, 0.4) is 0 Å². The summed E-state index contributed by atoms with van der Waals surface area (Å²) in [6.45, 7) is 5.63. The Kier molecular flexibility index (Phi) is 5.12. The molecule has 0 spiro atoms. The van der Waals surface area contributed by atoms with Crippen molar-refractivity contribution in [2.75, 3.05) is 4.90 Å². The van der Waals surface area contributed by atoms with Crippen molar-refractivity contribution in [2.45, 2.75) is 45.3 Å². The number of anilines is 1. The molecule has 2 aromatic carbocycles. The van der Waals surface area contributed by atoms with Crippen molar-refractivity contribution in [2.24, 2.45) is 0 Å². The lowest BCUT2D eigenvalue weighted by molar-refractivity contribution is 0.0560. The quantitative estimate of drug-likeness (QED) is 0.523. The molecule has 2 aromatic rings. The van der Waals surface area contributed by atoms with Gasteiger partial charge in [0.05, 0.1) is 11.7 Å². The molecule has 0 bridgehead atoms. The number of benzene rings is 2. The van der Waals surface area contributed by atoms with Gasteiger partial charge in [0.1, 0.15) is 5.60 Å². The third kappa shape index (κ3) is 3.85. The van der Waals surface area contributed by atoms with Gasteiger partial charge in [-0.1, -0.05) is 51.8 Å². The van der Waals surface area contributed by atoms with E-state index in [0.29, 0.717) is 5.02 Å². The second-order valence-electron chi connectivity index (χ2n) is 7.16. The first-order valence-corrected chi connectivity index (χ1v) is 9.49. The molecule has 3 rings (SSSR count). The van der Waals surface area contributed by atoms with Crippen LogP contribution in [0.25, 0.3) is 0 Å². The zero-order valence-corrected chi connectivity index (χ0v) is 16.9. The van der Waals surface area contributed by atoms with Gasteiger partial charge in [-0.25, -0.2) is 4.79 Å². The number of hydrogen-bond donors (Lipinski definition) is 0. The maximum atomic E-state index is 13.0. The van der Waals surface area contributed by atoms with E-state index in [9.17, 15) is 4.79 Å². The van der Waals surface area contributed by atoms with Gasteiger partial charge in [-0.15, -0.1) is 0 Å². The topological polar surface area (TPSA) is 29.5 Å². The molecule has 3 nitrogen and oxygen atoms in total. The monoisotopic (exact) mass is 421 g/mol. The minimum absolute atomic E-state index is 0.148. The average molecular weight is 423 g/mol. The lowest BCUT2D eigenvalue weighted by atomic mass is 9.91. The average Bonchev–Trinajstić information content (AvgIpc) is 2.53. The summed E-state index contributed by atoms with van der Waals surface area (Å²) in [4.78, 5) is 14.8. The van der Waals surface area contributed by atoms with Crippen molar-refractivity contribution in [3.05, 3.63) is 63.1 Å². The van der Waals surface area contributed by atoms with E-state index in [1.807, 2.05) is 63.2 Å². The molecule has 1 amide bonds. The summed E-state index contributed by atoms with van der Waals surface area (Å²) in [6, 6.07) is 13.4. The number of halogens is 2. The predicted octanol–water partition coefficient (Wildman–Crippen LogP) is 6.53. The van der Waals surface area contributed by atoms with Crippen molar-refractivity contribution in [1.82, 2.24) is 0 Å². The summed E-state index contributed by atoms with van der Waals surface area (Å²) in [6.07, 6.45) is 1.31. The predicted molar refractivity (Wildman–Crippen MR) is 105 cm³/mol. The summed E-state index contributed by atoms with van der Waals surface area (Å²) in [5, 5.41) is 0.666. The van der Waals surface area contributed by atoms with Gasteiger partial charge in [-0.3, -0.25) is 4.90 Å². The van der Waals surface area contributed by atoms with E-state index >= 15 is 0 Å². The van der Waals surface area contributed by atoms with Crippen LogP contribution in [0.15, 0.2) is 46.9 Å². The first-order valence-electron chi connectivity index (χ1n) is 8.32. The van der Waals surface area contributed by atoms with Crippen LogP contribution in [0, 0.1) is 0 Å². The van der Waals surface area contributed by atoms with Crippen LogP contribution in [-0.2, 0) is 11.2 Å². The molecule has 0 fully saturated rings. The Morgan fingerprint density at radius 1 is 1.20 bits per heavy atom. The molecule has 0 saturated heterocycles. The molecule has 1 aliphatic heterocycles. The third-order valence-corrected chi connectivity index (χ3v) is 5.27. The third-order valence-electron chi connectivity index (χ3n) is 4.19. The molecule has 132 valence electrons. The van der Waals surface area contributed by atoms with Gasteiger partial charge in [-0.05, 0) is 62.9 Å². The maximum absolute atomic E-state index is 13.0. The van der Waals surface area contributed by atoms with E-state index in [2.05, 4.69) is 15.9 Å². The second kappa shape index (κ2) is 7.00. The van der Waals surface area contributed by atoms with Crippen molar-refractivity contribution < 1.29 is 9.53 Å². The number of rotatable bonds is 1. The minimum atomic E-state index is -0.564. The zero-order valence-electron chi connectivity index (χ0n) is 14.6. The van der Waals surface area contributed by atoms with Crippen LogP contribution in [0.1, 0.15) is 44.4 Å². The highest BCUT2D eigenvalue weighted by molar-refractivity contribution is 9.10. The highest BCUT2D eigenvalue weighted by atomic mass is 79.9. The van der Waals surface area contributed by atoms with Crippen LogP contribution in [-0.4, -0.2) is 11.7 Å². The Labute approximate surface area is 162 Å². The molecule has 0 N–H and O–H groups in total. The van der Waals surface area contributed by atoms with Crippen molar-refractivity contribution in [1.29, 1.82) is 0 Å². The van der Waals surface area contributed by atoms with Gasteiger partial charge in [0, 0.05) is 9.50 Å². The van der Waals surface area contributed by atoms with E-state index in [-0.39, 0.29) is 12.1 Å². The fourth-order valence-corrected chi connectivity index (χ4v) is 3.99. The number of nitrogens with zero attached hydrogens (tertiary/aromatic N) is 1. The van der Waals surface area contributed by atoms with Crippen LogP contribution in [0.4, 0.5) is 10.5 Å². The van der Waals surface area contributed by atoms with Gasteiger partial charge < -0.3 is 4.74 Å². The fourth-order valence-electron chi connectivity index (χ4n) is 3.18. The summed E-state index contributed by atoms with van der Waals surface area (Å²) in [5.74, 6) is 0. The van der Waals surface area contributed by atoms with Gasteiger partial charge in [-0.2, -0.15) is 0 Å². The van der Waals surface area contributed by atoms with Crippen LogP contribution in [0.2, 0.25) is 5.02 Å². The molecule has 1 atom stereocenters. The molecule has 25 heavy (non-hydrogen) atoms. The van der Waals surface area contributed by atoms with E-state index < -0.39 is 5.60 Å². The molecule has 5 heteroatoms. The molecule has 0 aromatic heterocycles. The van der Waals surface area contributed by atoms with Gasteiger partial charge in [0.2, 0.25) is 0 Å². The van der Waals surface area contributed by atoms with Gasteiger partial charge in [0.25, 0.3) is 0 Å². The Morgan fingerprint density at radius 2 is 1.92 bits per heavy atom. The number of carbonyl (C=O) groups is 1. The highest BCUT2D eigenvalue weighted by Crippen LogP contribution is 2.43. The fraction of sp³-hybridized carbons (Fsp3) is 0.350. The largest absolute Gasteiger partial charge is 0.443 e. The first-order chi connectivity index (χ1) is 11.8. The maximum Gasteiger partial charge on any atom is 0.415 e. The molecule has 0 aliphatic carbocycles. The standard InChI is InChI=1S/C20H21BrClNO2/c1-20(2,3)25-19(24)23-17-10-6-8-15(21)13(17)11-12-18(23)14-7-4-5-9-16(14)22/h4-10,18H,11-12H2,1-3H3. The van der Waals surface area contributed by atoms with Crippen molar-refractivity contribution in [3.63, 3.8) is 0 Å². The number of amides is 1. The lowest BCUT2D eigenvalue weighted by Gasteiger charge is -2.38. The molecular formula is C20H21BrClNO2. The summed E-state index contributed by atoms with van der Waals surface area (Å²) < 4.78 is 6.70. The van der Waals surface area contributed by atoms with Crippen LogP contribution >= 0.6 is 27.5 Å². The van der Waals surface area contributed by atoms with E-state index in [1.54, 1.807) is 4.90 Å². The highest BCUT2D eigenvalue weighted by Gasteiger charge is 2.36. The molecule has 1 heterocycles. The van der Waals surface area contributed by atoms with E-state index in [0.717, 1.165) is 34.1 Å². The summed E-state index contributed by atoms with van der Waals surface area (Å²) >= 11 is 10.0. The Balaban J connectivity index is 2.09. The van der Waals surface area contributed by atoms with E-state index in [4.69, 9.17) is 16.3 Å². The Bertz CT molecular complexity index is 801. The summed E-state index contributed by atoms with van der Waals surface area (Å²) in [7, 11) is 0. The molecule has 0 saturated carbocycles. The normalized spacial score (nSPS) is 17.2. The number of carbonyl (C=O) groups excluding carboxylic acids is 1. The molecule has 1 unspecified atom stereocenters. The Hall–Kier alpha value is -1.52. The smallest absolute Gasteiger partial charge is 0.415 e. The minimum Gasteiger partial charge on any atom is -0.443 e. The Morgan fingerprint density at radius 3 is 2.60 bits per heavy atom. The van der Waals surface area contributed by atoms with Crippen LogP contribution < -0.4 is 4.90 Å². The number of hydrogen-bond acceptors (Lipinski definition) is 2. The first kappa shape index (κ1) is 18.3. The summed E-state index contributed by atoms with van der Waals surface area (Å²) in [5.41, 5.74) is 2.38. The molecule has 0 radical (unpaired) electrons.